The number of Topliss-reactive ketones (excluding diaryl/α,β-unsaturated/α-hetero) is 1. The van der Waals surface area contributed by atoms with Crippen molar-refractivity contribution in [1.29, 1.82) is 0 Å². The van der Waals surface area contributed by atoms with E-state index >= 15 is 0 Å². The zero-order valence-electron chi connectivity index (χ0n) is 13.3. The van der Waals surface area contributed by atoms with Crippen LogP contribution in [0.3, 0.4) is 0 Å². The maximum absolute atomic E-state index is 12.2. The van der Waals surface area contributed by atoms with Crippen LogP contribution < -0.4 is 0 Å². The van der Waals surface area contributed by atoms with Crippen LogP contribution in [0.1, 0.15) is 46.5 Å². The first-order valence-corrected chi connectivity index (χ1v) is 7.90. The number of aliphatic hydroxyl groups is 1. The van der Waals surface area contributed by atoms with Crippen LogP contribution in [-0.2, 0) is 19.0 Å². The molecule has 5 atom stereocenters. The van der Waals surface area contributed by atoms with Gasteiger partial charge in [0.05, 0.1) is 12.7 Å². The van der Waals surface area contributed by atoms with E-state index in [1.165, 1.54) is 7.11 Å². The number of hydrogen-bond donors (Lipinski definition) is 1. The van der Waals surface area contributed by atoms with Gasteiger partial charge < -0.3 is 19.3 Å². The van der Waals surface area contributed by atoms with Crippen molar-refractivity contribution in [3.63, 3.8) is 0 Å². The lowest BCUT2D eigenvalue weighted by Gasteiger charge is -2.45. The lowest BCUT2D eigenvalue weighted by Crippen LogP contribution is -2.69. The van der Waals surface area contributed by atoms with Crippen LogP contribution >= 0.6 is 0 Å². The van der Waals surface area contributed by atoms with Gasteiger partial charge in [-0.25, -0.2) is 0 Å². The fraction of sp³-hybridized carbons (Fsp3) is 0.938. The number of carbonyl (C=O) groups excluding carboxylic acids is 1. The third-order valence-electron chi connectivity index (χ3n) is 5.58. The number of ketones is 1. The summed E-state index contributed by atoms with van der Waals surface area (Å²) in [5.74, 6) is 0.533. The van der Waals surface area contributed by atoms with Gasteiger partial charge in [0.25, 0.3) is 0 Å². The molecule has 0 unspecified atom stereocenters. The minimum absolute atomic E-state index is 0.0328. The van der Waals surface area contributed by atoms with E-state index in [-0.39, 0.29) is 11.9 Å². The predicted molar refractivity (Wildman–Crippen MR) is 76.0 cm³/mol. The van der Waals surface area contributed by atoms with E-state index < -0.39 is 22.9 Å². The summed E-state index contributed by atoms with van der Waals surface area (Å²) in [5.41, 5.74) is -2.80. The first-order chi connectivity index (χ1) is 9.81. The van der Waals surface area contributed by atoms with Crippen molar-refractivity contribution in [2.24, 2.45) is 5.92 Å². The van der Waals surface area contributed by atoms with Crippen molar-refractivity contribution in [3.05, 3.63) is 0 Å². The molecule has 2 saturated heterocycles. The molecule has 0 aromatic heterocycles. The van der Waals surface area contributed by atoms with E-state index in [9.17, 15) is 9.90 Å². The second-order valence-electron chi connectivity index (χ2n) is 7.32. The van der Waals surface area contributed by atoms with Crippen molar-refractivity contribution in [3.8, 4) is 0 Å². The second-order valence-corrected chi connectivity index (χ2v) is 7.32. The summed E-state index contributed by atoms with van der Waals surface area (Å²) < 4.78 is 16.9. The molecule has 21 heavy (non-hydrogen) atoms. The third-order valence-corrected chi connectivity index (χ3v) is 5.58. The standard InChI is InChI=1S/C16H26O5/c1-10(2)5-6-12-14(3,21-12)16(18)13(19-4)11(17)7-8-15(16)9-20-15/h10,12-13,18H,5-9H2,1-4H3/t12-,13-,14+,15+,16-/m0/s1. The summed E-state index contributed by atoms with van der Waals surface area (Å²) in [4.78, 5) is 12.2. The van der Waals surface area contributed by atoms with Crippen molar-refractivity contribution < 1.29 is 24.1 Å². The van der Waals surface area contributed by atoms with Gasteiger partial charge in [0.1, 0.15) is 17.3 Å². The molecule has 0 amide bonds. The summed E-state index contributed by atoms with van der Waals surface area (Å²) in [6.45, 7) is 6.71. The van der Waals surface area contributed by atoms with Gasteiger partial charge in [-0.3, -0.25) is 4.79 Å². The molecule has 1 spiro atoms. The Balaban J connectivity index is 1.85. The van der Waals surface area contributed by atoms with E-state index in [1.54, 1.807) is 0 Å². The van der Waals surface area contributed by atoms with Crippen molar-refractivity contribution in [2.75, 3.05) is 13.7 Å². The lowest BCUT2D eigenvalue weighted by molar-refractivity contribution is -0.193. The molecule has 5 nitrogen and oxygen atoms in total. The molecule has 0 aromatic rings. The highest BCUT2D eigenvalue weighted by molar-refractivity contribution is 5.87. The lowest BCUT2D eigenvalue weighted by atomic mass is 9.64. The van der Waals surface area contributed by atoms with Crippen LogP contribution in [0.25, 0.3) is 0 Å². The molecule has 0 bridgehead atoms. The Morgan fingerprint density at radius 2 is 2.14 bits per heavy atom. The molecule has 2 heterocycles. The molecule has 3 fully saturated rings. The van der Waals surface area contributed by atoms with Crippen LogP contribution in [0.15, 0.2) is 0 Å². The molecule has 5 heteroatoms. The number of rotatable bonds is 5. The van der Waals surface area contributed by atoms with E-state index in [0.29, 0.717) is 25.4 Å². The Hall–Kier alpha value is -0.490. The average molecular weight is 298 g/mol. The SMILES string of the molecule is CO[C@H]1C(=O)CC[C@@]2(CO2)[C@@]1(O)[C@]1(C)O[C@H]1CCC(C)C. The summed E-state index contributed by atoms with van der Waals surface area (Å²) in [6, 6.07) is 0. The van der Waals surface area contributed by atoms with Crippen LogP contribution in [-0.4, -0.2) is 53.6 Å². The molecule has 1 N–H and O–H groups in total. The van der Waals surface area contributed by atoms with Gasteiger partial charge in [-0.15, -0.1) is 0 Å². The van der Waals surface area contributed by atoms with Gasteiger partial charge in [0.2, 0.25) is 0 Å². The van der Waals surface area contributed by atoms with E-state index in [4.69, 9.17) is 14.2 Å². The summed E-state index contributed by atoms with van der Waals surface area (Å²) >= 11 is 0. The Bertz CT molecular complexity index is 444. The number of carbonyl (C=O) groups is 1. The Morgan fingerprint density at radius 1 is 1.48 bits per heavy atom. The Labute approximate surface area is 125 Å². The fourth-order valence-corrected chi connectivity index (χ4v) is 4.00. The molecule has 2 aliphatic heterocycles. The van der Waals surface area contributed by atoms with E-state index in [2.05, 4.69) is 13.8 Å². The molecule has 1 aliphatic carbocycles. The van der Waals surface area contributed by atoms with Gasteiger partial charge in [-0.2, -0.15) is 0 Å². The Morgan fingerprint density at radius 3 is 2.67 bits per heavy atom. The van der Waals surface area contributed by atoms with E-state index in [0.717, 1.165) is 12.8 Å². The maximum Gasteiger partial charge on any atom is 0.164 e. The van der Waals surface area contributed by atoms with E-state index in [1.807, 2.05) is 6.92 Å². The highest BCUT2D eigenvalue weighted by Crippen LogP contribution is 2.61. The highest BCUT2D eigenvalue weighted by atomic mass is 16.7. The second kappa shape index (κ2) is 4.75. The average Bonchev–Trinajstić information content (AvgIpc) is 3.31. The van der Waals surface area contributed by atoms with Crippen molar-refractivity contribution in [2.45, 2.75) is 75.5 Å². The van der Waals surface area contributed by atoms with Gasteiger partial charge in [0, 0.05) is 13.5 Å². The topological polar surface area (TPSA) is 71.6 Å². The quantitative estimate of drug-likeness (QED) is 0.778. The van der Waals surface area contributed by atoms with Gasteiger partial charge in [-0.1, -0.05) is 13.8 Å². The van der Waals surface area contributed by atoms with Crippen molar-refractivity contribution in [1.82, 2.24) is 0 Å². The summed E-state index contributed by atoms with van der Waals surface area (Å²) in [5, 5.41) is 11.4. The predicted octanol–water partition coefficient (Wildman–Crippen LogP) is 1.46. The van der Waals surface area contributed by atoms with Gasteiger partial charge in [-0.05, 0) is 32.1 Å². The third kappa shape index (κ3) is 2.01. The first-order valence-electron chi connectivity index (χ1n) is 7.90. The van der Waals surface area contributed by atoms with Crippen molar-refractivity contribution >= 4 is 5.78 Å². The first kappa shape index (κ1) is 15.4. The largest absolute Gasteiger partial charge is 0.380 e. The normalized spacial score (nSPS) is 49.0. The molecule has 3 rings (SSSR count). The fourth-order valence-electron chi connectivity index (χ4n) is 4.00. The molecular weight excluding hydrogens is 272 g/mol. The van der Waals surface area contributed by atoms with Gasteiger partial charge in [0.15, 0.2) is 11.4 Å². The number of epoxide rings is 2. The minimum Gasteiger partial charge on any atom is -0.380 e. The smallest absolute Gasteiger partial charge is 0.164 e. The monoisotopic (exact) mass is 298 g/mol. The molecule has 3 aliphatic rings. The van der Waals surface area contributed by atoms with Crippen LogP contribution in [0, 0.1) is 5.92 Å². The maximum atomic E-state index is 12.2. The number of hydrogen-bond acceptors (Lipinski definition) is 5. The minimum atomic E-state index is -1.38. The van der Waals surface area contributed by atoms with Gasteiger partial charge >= 0.3 is 0 Å². The zero-order chi connectivity index (χ0) is 15.5. The molecule has 0 aromatic carbocycles. The van der Waals surface area contributed by atoms with Crippen LogP contribution in [0.5, 0.6) is 0 Å². The zero-order valence-corrected chi connectivity index (χ0v) is 13.3. The summed E-state index contributed by atoms with van der Waals surface area (Å²) in [6.07, 6.45) is 1.98. The molecule has 0 radical (unpaired) electrons. The van der Waals surface area contributed by atoms with Crippen LogP contribution in [0.4, 0.5) is 0 Å². The Kier molecular flexibility index (Phi) is 3.49. The number of methoxy groups -OCH3 is 1. The van der Waals surface area contributed by atoms with Crippen LogP contribution in [0.2, 0.25) is 0 Å². The molecule has 120 valence electrons. The highest BCUT2D eigenvalue weighted by Gasteiger charge is 2.81. The molecule has 1 saturated carbocycles. The molecular formula is C16H26O5. The summed E-state index contributed by atoms with van der Waals surface area (Å²) in [7, 11) is 1.48. The number of ether oxygens (including phenoxy) is 3.